The normalized spacial score (nSPS) is 16.2. The second-order valence-electron chi connectivity index (χ2n) is 6.79. The smallest absolute Gasteiger partial charge is 0.307 e. The molecule has 1 amide bonds. The average molecular weight is 419 g/mol. The summed E-state index contributed by atoms with van der Waals surface area (Å²) in [6.07, 6.45) is -0.137. The maximum atomic E-state index is 13.1. The molecule has 1 unspecified atom stereocenters. The van der Waals surface area contributed by atoms with Crippen LogP contribution in [0.25, 0.3) is 0 Å². The van der Waals surface area contributed by atoms with Crippen molar-refractivity contribution in [2.75, 3.05) is 4.90 Å². The van der Waals surface area contributed by atoms with Crippen LogP contribution in [0.4, 0.5) is 5.69 Å². The zero-order valence-electron chi connectivity index (χ0n) is 15.7. The summed E-state index contributed by atoms with van der Waals surface area (Å²) in [5.74, 6) is -2.59. The van der Waals surface area contributed by atoms with E-state index in [-0.39, 0.29) is 12.0 Å². The highest BCUT2D eigenvalue weighted by Crippen LogP contribution is 2.42. The molecule has 150 valence electrons. The molecule has 0 spiro atoms. The van der Waals surface area contributed by atoms with E-state index in [1.165, 1.54) is 16.2 Å². The largest absolute Gasteiger partial charge is 0.503 e. The van der Waals surface area contributed by atoms with Gasteiger partial charge in [-0.1, -0.05) is 48.5 Å². The molecular formula is C23H17NO5S. The van der Waals surface area contributed by atoms with E-state index in [4.69, 9.17) is 5.11 Å². The summed E-state index contributed by atoms with van der Waals surface area (Å²) >= 11 is 1.24. The number of anilines is 1. The Balaban J connectivity index is 1.80. The van der Waals surface area contributed by atoms with Crippen molar-refractivity contribution in [3.8, 4) is 0 Å². The second kappa shape index (κ2) is 7.96. The van der Waals surface area contributed by atoms with Crippen LogP contribution in [0.5, 0.6) is 0 Å². The standard InChI is InChI=1S/C23H17NO5S/c25-18(26)13-14-8-10-16(11-9-14)24-20(15-5-2-1-3-6-15)19(22(28)23(24)29)21(27)17-7-4-12-30-17/h1-12,20,28H,13H2,(H,25,26). The monoisotopic (exact) mass is 419 g/mol. The number of aliphatic carboxylic acids is 1. The zero-order valence-corrected chi connectivity index (χ0v) is 16.5. The zero-order chi connectivity index (χ0) is 21.3. The first kappa shape index (κ1) is 19.6. The van der Waals surface area contributed by atoms with Gasteiger partial charge in [0.15, 0.2) is 5.76 Å². The number of nitrogens with zero attached hydrogens (tertiary/aromatic N) is 1. The van der Waals surface area contributed by atoms with Crippen LogP contribution < -0.4 is 4.90 Å². The van der Waals surface area contributed by atoms with Gasteiger partial charge in [0.05, 0.1) is 22.9 Å². The molecular weight excluding hydrogens is 402 g/mol. The van der Waals surface area contributed by atoms with Crippen molar-refractivity contribution in [1.29, 1.82) is 0 Å². The molecule has 2 N–H and O–H groups in total. The Morgan fingerprint density at radius 2 is 1.67 bits per heavy atom. The van der Waals surface area contributed by atoms with Crippen molar-refractivity contribution in [3.63, 3.8) is 0 Å². The van der Waals surface area contributed by atoms with Crippen LogP contribution >= 0.6 is 11.3 Å². The maximum Gasteiger partial charge on any atom is 0.307 e. The fourth-order valence-electron chi connectivity index (χ4n) is 3.54. The molecule has 0 radical (unpaired) electrons. The van der Waals surface area contributed by atoms with Gasteiger partial charge in [0.1, 0.15) is 0 Å². The molecule has 0 bridgehead atoms. The molecule has 7 heteroatoms. The van der Waals surface area contributed by atoms with Crippen molar-refractivity contribution in [2.45, 2.75) is 12.5 Å². The number of carbonyl (C=O) groups excluding carboxylic acids is 2. The Morgan fingerprint density at radius 1 is 0.967 bits per heavy atom. The minimum absolute atomic E-state index is 0.0308. The van der Waals surface area contributed by atoms with Gasteiger partial charge in [0, 0.05) is 5.69 Å². The van der Waals surface area contributed by atoms with E-state index in [9.17, 15) is 19.5 Å². The molecule has 0 saturated heterocycles. The van der Waals surface area contributed by atoms with E-state index in [2.05, 4.69) is 0 Å². The van der Waals surface area contributed by atoms with Gasteiger partial charge in [0.2, 0.25) is 5.78 Å². The van der Waals surface area contributed by atoms with E-state index >= 15 is 0 Å². The highest BCUT2D eigenvalue weighted by atomic mass is 32.1. The summed E-state index contributed by atoms with van der Waals surface area (Å²) in [5, 5.41) is 21.4. The van der Waals surface area contributed by atoms with Gasteiger partial charge in [-0.2, -0.15) is 0 Å². The first-order valence-corrected chi connectivity index (χ1v) is 10.1. The Kier molecular flexibility index (Phi) is 5.20. The predicted molar refractivity (Wildman–Crippen MR) is 113 cm³/mol. The van der Waals surface area contributed by atoms with Crippen LogP contribution in [-0.2, 0) is 16.0 Å². The van der Waals surface area contributed by atoms with Crippen LogP contribution in [0, 0.1) is 0 Å². The van der Waals surface area contributed by atoms with Crippen molar-refractivity contribution in [2.24, 2.45) is 0 Å². The molecule has 1 aliphatic rings. The number of Topliss-reactive ketones (excluding diaryl/α,β-unsaturated/α-hetero) is 1. The van der Waals surface area contributed by atoms with Gasteiger partial charge < -0.3 is 10.2 Å². The number of carboxylic acid groups (broad SMARTS) is 1. The minimum Gasteiger partial charge on any atom is -0.503 e. The van der Waals surface area contributed by atoms with Gasteiger partial charge >= 0.3 is 5.97 Å². The van der Waals surface area contributed by atoms with Gasteiger partial charge in [-0.15, -0.1) is 11.3 Å². The average Bonchev–Trinajstić information content (AvgIpc) is 3.36. The third-order valence-electron chi connectivity index (χ3n) is 4.88. The molecule has 1 aliphatic heterocycles. The third-order valence-corrected chi connectivity index (χ3v) is 5.75. The first-order chi connectivity index (χ1) is 14.5. The van der Waals surface area contributed by atoms with E-state index in [0.29, 0.717) is 21.7 Å². The lowest BCUT2D eigenvalue weighted by Crippen LogP contribution is -2.31. The summed E-state index contributed by atoms with van der Waals surface area (Å²) in [6.45, 7) is 0. The van der Waals surface area contributed by atoms with Gasteiger partial charge in [-0.3, -0.25) is 19.3 Å². The molecule has 4 rings (SSSR count). The number of aliphatic hydroxyl groups excluding tert-OH is 1. The molecule has 0 aliphatic carbocycles. The predicted octanol–water partition coefficient (Wildman–Crippen LogP) is 4.16. The SMILES string of the molecule is O=C(O)Cc1ccc(N2C(=O)C(O)=C(C(=O)c3cccs3)C2c2ccccc2)cc1. The van der Waals surface area contributed by atoms with Crippen LogP contribution in [0.15, 0.2) is 83.4 Å². The summed E-state index contributed by atoms with van der Waals surface area (Å²) < 4.78 is 0. The molecule has 6 nitrogen and oxygen atoms in total. The summed E-state index contributed by atoms with van der Waals surface area (Å²) in [6, 6.07) is 18.1. The van der Waals surface area contributed by atoms with E-state index in [1.807, 2.05) is 6.07 Å². The van der Waals surface area contributed by atoms with Crippen molar-refractivity contribution < 1.29 is 24.6 Å². The number of carboxylic acids is 1. The molecule has 3 aromatic rings. The minimum atomic E-state index is -0.953. The lowest BCUT2D eigenvalue weighted by Gasteiger charge is -2.27. The highest BCUT2D eigenvalue weighted by Gasteiger charge is 2.44. The maximum absolute atomic E-state index is 13.1. The van der Waals surface area contributed by atoms with E-state index in [1.54, 1.807) is 66.0 Å². The molecule has 0 fully saturated rings. The van der Waals surface area contributed by atoms with Crippen LogP contribution in [0.2, 0.25) is 0 Å². The van der Waals surface area contributed by atoms with Crippen LogP contribution in [0.1, 0.15) is 26.8 Å². The van der Waals surface area contributed by atoms with Gasteiger partial charge in [0.25, 0.3) is 5.91 Å². The van der Waals surface area contributed by atoms with Crippen molar-refractivity contribution in [1.82, 2.24) is 0 Å². The molecule has 1 aromatic heterocycles. The number of rotatable bonds is 6. The lowest BCUT2D eigenvalue weighted by molar-refractivity contribution is -0.136. The Morgan fingerprint density at radius 3 is 2.27 bits per heavy atom. The third kappa shape index (κ3) is 3.51. The Hall–Kier alpha value is -3.71. The lowest BCUT2D eigenvalue weighted by atomic mass is 9.95. The molecule has 1 atom stereocenters. The fraction of sp³-hybridized carbons (Fsp3) is 0.0870. The van der Waals surface area contributed by atoms with Gasteiger partial charge in [-0.05, 0) is 34.7 Å². The van der Waals surface area contributed by atoms with Crippen molar-refractivity contribution in [3.05, 3.63) is 99.4 Å². The van der Waals surface area contributed by atoms with Crippen LogP contribution in [-0.4, -0.2) is 27.9 Å². The first-order valence-electron chi connectivity index (χ1n) is 9.18. The number of ketones is 1. The molecule has 2 heterocycles. The number of carbonyl (C=O) groups is 3. The van der Waals surface area contributed by atoms with E-state index in [0.717, 1.165) is 0 Å². The number of hydrogen-bond donors (Lipinski definition) is 2. The molecule has 2 aromatic carbocycles. The van der Waals surface area contributed by atoms with Crippen molar-refractivity contribution >= 4 is 34.7 Å². The highest BCUT2D eigenvalue weighted by molar-refractivity contribution is 7.12. The number of amides is 1. The van der Waals surface area contributed by atoms with Crippen LogP contribution in [0.3, 0.4) is 0 Å². The number of benzene rings is 2. The summed E-state index contributed by atoms with van der Waals surface area (Å²) in [7, 11) is 0. The number of thiophene rings is 1. The topological polar surface area (TPSA) is 94.9 Å². The molecule has 30 heavy (non-hydrogen) atoms. The van der Waals surface area contributed by atoms with Gasteiger partial charge in [-0.25, -0.2) is 0 Å². The second-order valence-corrected chi connectivity index (χ2v) is 7.74. The quantitative estimate of drug-likeness (QED) is 0.585. The number of aliphatic hydroxyl groups is 1. The van der Waals surface area contributed by atoms with E-state index < -0.39 is 29.5 Å². The Labute approximate surface area is 176 Å². The number of hydrogen-bond acceptors (Lipinski definition) is 5. The summed E-state index contributed by atoms with van der Waals surface area (Å²) in [4.78, 5) is 38.9. The molecule has 0 saturated carbocycles. The summed E-state index contributed by atoms with van der Waals surface area (Å²) in [5.41, 5.74) is 1.76. The fourth-order valence-corrected chi connectivity index (χ4v) is 4.22. The Bertz CT molecular complexity index is 1130.